The van der Waals surface area contributed by atoms with Gasteiger partial charge in [0.1, 0.15) is 0 Å². The first-order valence-corrected chi connectivity index (χ1v) is 12.5. The van der Waals surface area contributed by atoms with Crippen LogP contribution in [0.3, 0.4) is 0 Å². The number of thioether (sulfide) groups is 1. The fourth-order valence-corrected chi connectivity index (χ4v) is 5.97. The monoisotopic (exact) mass is 443 g/mol. The van der Waals surface area contributed by atoms with E-state index in [1.54, 1.807) is 16.4 Å². The molecule has 4 rings (SSSR count). The summed E-state index contributed by atoms with van der Waals surface area (Å²) >= 11 is 1.43. The zero-order valence-corrected chi connectivity index (χ0v) is 18.7. The highest BCUT2D eigenvalue weighted by molar-refractivity contribution is 7.98. The Hall–Kier alpha value is -2.16. The predicted molar refractivity (Wildman–Crippen MR) is 118 cm³/mol. The molecule has 0 saturated carbocycles. The van der Waals surface area contributed by atoms with Crippen LogP contribution in [0.15, 0.2) is 63.1 Å². The summed E-state index contributed by atoms with van der Waals surface area (Å²) in [4.78, 5) is 0.351. The highest BCUT2D eigenvalue weighted by atomic mass is 32.2. The van der Waals surface area contributed by atoms with Crippen molar-refractivity contribution in [3.05, 3.63) is 59.7 Å². The summed E-state index contributed by atoms with van der Waals surface area (Å²) in [7, 11) is -3.44. The number of sulfonamides is 1. The molecule has 0 aliphatic carbocycles. The lowest BCUT2D eigenvalue weighted by Crippen LogP contribution is -2.41. The van der Waals surface area contributed by atoms with Crippen LogP contribution in [-0.2, 0) is 15.8 Å². The Morgan fingerprint density at radius 3 is 2.50 bits per heavy atom. The Bertz CT molecular complexity index is 1090. The maximum Gasteiger partial charge on any atom is 0.277 e. The highest BCUT2D eigenvalue weighted by Gasteiger charge is 2.30. The molecule has 1 aliphatic heterocycles. The third kappa shape index (κ3) is 4.61. The molecule has 1 saturated heterocycles. The summed E-state index contributed by atoms with van der Waals surface area (Å²) in [6.07, 6.45) is 2.93. The summed E-state index contributed by atoms with van der Waals surface area (Å²) in [5, 5.41) is 8.70. The van der Waals surface area contributed by atoms with Crippen molar-refractivity contribution in [2.75, 3.05) is 6.54 Å². The number of piperidine rings is 1. The predicted octanol–water partition coefficient (Wildman–Crippen LogP) is 4.90. The Morgan fingerprint density at radius 1 is 1.07 bits per heavy atom. The largest absolute Gasteiger partial charge is 0.411 e. The van der Waals surface area contributed by atoms with Crippen molar-refractivity contribution in [1.29, 1.82) is 0 Å². The molecule has 1 unspecified atom stereocenters. The van der Waals surface area contributed by atoms with Crippen LogP contribution in [0.2, 0.25) is 0 Å². The van der Waals surface area contributed by atoms with Crippen molar-refractivity contribution in [3.63, 3.8) is 0 Å². The van der Waals surface area contributed by atoms with Gasteiger partial charge in [-0.1, -0.05) is 48.0 Å². The Labute approximate surface area is 181 Å². The van der Waals surface area contributed by atoms with E-state index in [9.17, 15) is 8.42 Å². The first-order chi connectivity index (χ1) is 14.4. The van der Waals surface area contributed by atoms with Crippen LogP contribution in [0.1, 0.15) is 37.3 Å². The minimum atomic E-state index is -3.44. The number of hydrogen-bond donors (Lipinski definition) is 0. The summed E-state index contributed by atoms with van der Waals surface area (Å²) in [5.74, 6) is 1.12. The van der Waals surface area contributed by atoms with Gasteiger partial charge in [-0.05, 0) is 56.5 Å². The van der Waals surface area contributed by atoms with Gasteiger partial charge in [0.05, 0.1) is 4.90 Å². The molecule has 6 nitrogen and oxygen atoms in total. The lowest BCUT2D eigenvalue weighted by molar-refractivity contribution is 0.268. The van der Waals surface area contributed by atoms with Crippen molar-refractivity contribution < 1.29 is 12.8 Å². The van der Waals surface area contributed by atoms with E-state index in [-0.39, 0.29) is 6.04 Å². The molecule has 0 bridgehead atoms. The van der Waals surface area contributed by atoms with Gasteiger partial charge in [0.15, 0.2) is 0 Å². The van der Waals surface area contributed by atoms with Gasteiger partial charge in [-0.25, -0.2) is 8.42 Å². The SMILES string of the molecule is Cc1ccc(-c2nnc(SCc3ccc(S(=O)(=O)N4CCCCC4C)cc3)o2)cc1. The standard InChI is InChI=1S/C22H25N3O3S2/c1-16-6-10-19(11-7-16)21-23-24-22(28-21)29-15-18-8-12-20(13-9-18)30(26,27)25-14-4-3-5-17(25)2/h6-13,17H,3-5,14-15H2,1-2H3. The second kappa shape index (κ2) is 8.91. The van der Waals surface area contributed by atoms with Crippen LogP contribution in [-0.4, -0.2) is 35.5 Å². The summed E-state index contributed by atoms with van der Waals surface area (Å²) in [6, 6.07) is 15.1. The number of hydrogen-bond acceptors (Lipinski definition) is 6. The van der Waals surface area contributed by atoms with Gasteiger partial charge in [0.25, 0.3) is 5.22 Å². The minimum Gasteiger partial charge on any atom is -0.411 e. The van der Waals surface area contributed by atoms with Crippen molar-refractivity contribution in [1.82, 2.24) is 14.5 Å². The van der Waals surface area contributed by atoms with Gasteiger partial charge in [0, 0.05) is 23.9 Å². The number of nitrogens with zero attached hydrogens (tertiary/aromatic N) is 3. The molecule has 3 aromatic rings. The van der Waals surface area contributed by atoms with Crippen molar-refractivity contribution in [3.8, 4) is 11.5 Å². The van der Waals surface area contributed by atoms with Crippen LogP contribution in [0.25, 0.3) is 11.5 Å². The molecule has 0 N–H and O–H groups in total. The third-order valence-electron chi connectivity index (χ3n) is 5.34. The van der Waals surface area contributed by atoms with Gasteiger partial charge in [0.2, 0.25) is 15.9 Å². The lowest BCUT2D eigenvalue weighted by atomic mass is 10.1. The smallest absolute Gasteiger partial charge is 0.277 e. The van der Waals surface area contributed by atoms with Gasteiger partial charge in [-0.2, -0.15) is 4.31 Å². The Balaban J connectivity index is 1.40. The van der Waals surface area contributed by atoms with Crippen LogP contribution >= 0.6 is 11.8 Å². The van der Waals surface area contributed by atoms with E-state index in [0.717, 1.165) is 30.4 Å². The Morgan fingerprint density at radius 2 is 1.80 bits per heavy atom. The molecule has 8 heteroatoms. The van der Waals surface area contributed by atoms with E-state index >= 15 is 0 Å². The zero-order valence-electron chi connectivity index (χ0n) is 17.1. The molecule has 30 heavy (non-hydrogen) atoms. The molecule has 1 aliphatic rings. The van der Waals surface area contributed by atoms with E-state index in [4.69, 9.17) is 4.42 Å². The van der Waals surface area contributed by atoms with E-state index in [1.165, 1.54) is 17.3 Å². The normalized spacial score (nSPS) is 17.9. The topological polar surface area (TPSA) is 76.3 Å². The maximum atomic E-state index is 12.9. The summed E-state index contributed by atoms with van der Waals surface area (Å²) < 4.78 is 33.2. The molecular formula is C22H25N3O3S2. The molecule has 2 aromatic carbocycles. The van der Waals surface area contributed by atoms with E-state index in [0.29, 0.717) is 28.3 Å². The second-order valence-electron chi connectivity index (χ2n) is 7.63. The Kier molecular flexibility index (Phi) is 6.26. The summed E-state index contributed by atoms with van der Waals surface area (Å²) in [6.45, 7) is 4.61. The molecule has 1 atom stereocenters. The van der Waals surface area contributed by atoms with Crippen molar-refractivity contribution in [2.45, 2.75) is 55.0 Å². The second-order valence-corrected chi connectivity index (χ2v) is 10.4. The van der Waals surface area contributed by atoms with Crippen LogP contribution in [0.4, 0.5) is 0 Å². The van der Waals surface area contributed by atoms with Gasteiger partial charge in [-0.15, -0.1) is 10.2 Å². The zero-order chi connectivity index (χ0) is 21.1. The van der Waals surface area contributed by atoms with Crippen LogP contribution < -0.4 is 0 Å². The van der Waals surface area contributed by atoms with Gasteiger partial charge < -0.3 is 4.42 Å². The highest BCUT2D eigenvalue weighted by Crippen LogP contribution is 2.28. The summed E-state index contributed by atoms with van der Waals surface area (Å²) in [5.41, 5.74) is 3.07. The number of rotatable bonds is 6. The van der Waals surface area contributed by atoms with Crippen LogP contribution in [0.5, 0.6) is 0 Å². The average Bonchev–Trinajstić information content (AvgIpc) is 3.22. The first kappa shape index (κ1) is 21.1. The number of aromatic nitrogens is 2. The molecule has 2 heterocycles. The third-order valence-corrected chi connectivity index (χ3v) is 8.26. The van der Waals surface area contributed by atoms with E-state index in [1.807, 2.05) is 50.2 Å². The molecule has 1 aromatic heterocycles. The van der Waals surface area contributed by atoms with Crippen molar-refractivity contribution >= 4 is 21.8 Å². The molecule has 1 fully saturated rings. The molecule has 0 radical (unpaired) electrons. The van der Waals surface area contributed by atoms with Crippen molar-refractivity contribution in [2.24, 2.45) is 0 Å². The van der Waals surface area contributed by atoms with E-state index in [2.05, 4.69) is 10.2 Å². The maximum absolute atomic E-state index is 12.9. The number of aryl methyl sites for hydroxylation is 1. The molecule has 0 spiro atoms. The van der Waals surface area contributed by atoms with Gasteiger partial charge in [-0.3, -0.25) is 0 Å². The average molecular weight is 444 g/mol. The first-order valence-electron chi connectivity index (χ1n) is 10.1. The fourth-order valence-electron chi connectivity index (χ4n) is 3.55. The van der Waals surface area contributed by atoms with E-state index < -0.39 is 10.0 Å². The molecule has 158 valence electrons. The molecular weight excluding hydrogens is 418 g/mol. The minimum absolute atomic E-state index is 0.0548. The van der Waals surface area contributed by atoms with Crippen LogP contribution in [0, 0.1) is 6.92 Å². The van der Waals surface area contributed by atoms with Gasteiger partial charge >= 0.3 is 0 Å². The number of benzene rings is 2. The quantitative estimate of drug-likeness (QED) is 0.504. The fraction of sp³-hybridized carbons (Fsp3) is 0.364. The molecule has 0 amide bonds. The lowest BCUT2D eigenvalue weighted by Gasteiger charge is -2.32.